The summed E-state index contributed by atoms with van der Waals surface area (Å²) in [6.07, 6.45) is -6.13. The summed E-state index contributed by atoms with van der Waals surface area (Å²) in [5.74, 6) is -3.00. The molecule has 5 rings (SSSR count). The second-order valence-electron chi connectivity index (χ2n) is 23.1. The Balaban J connectivity index is 1.51. The number of hydrogen-bond donors (Lipinski definition) is 4. The highest BCUT2D eigenvalue weighted by molar-refractivity contribution is 5.96. The standard InChI is InChI=1S/C56H92N2O16/c1-19-41-56(13,65)48(60)36(9)58(16)27-30(3)25-54(11,64)50(34(7)45(35(8)51(62)71-41)73-43-26-55(12,67-18)49(61)37(10)70-43)74-53-47(40(57(14)15)24-31(4)69-53)72-42(59)23-21-29(2)20-22-38-32(5)44-39(28-68-52(44)63)33(6)46(38)66-17/h20,30-31,34-37,40-41,43,45,47-50,53,60-61,64-65H,19,21-28H2,1-18H3/b29-20+/t30-,31-,34+,35-,36-,37+,40?,41-,43+,45+,47-,48-,49+,50-,53+,54-,55-,56-/m1/s1. The maximum Gasteiger partial charge on any atom is 0.339 e. The molecule has 1 unspecified atom stereocenters. The van der Waals surface area contributed by atoms with Crippen molar-refractivity contribution in [3.63, 3.8) is 0 Å². The Morgan fingerprint density at radius 3 is 2.19 bits per heavy atom. The summed E-state index contributed by atoms with van der Waals surface area (Å²) in [4.78, 5) is 45.3. The molecule has 0 aromatic heterocycles. The number of rotatable bonds is 14. The van der Waals surface area contributed by atoms with Crippen molar-refractivity contribution in [3.05, 3.63) is 39.5 Å². The van der Waals surface area contributed by atoms with Gasteiger partial charge in [0.2, 0.25) is 0 Å². The molecule has 0 saturated carbocycles. The minimum atomic E-state index is -1.86. The van der Waals surface area contributed by atoms with Gasteiger partial charge < -0.3 is 72.9 Å². The summed E-state index contributed by atoms with van der Waals surface area (Å²) in [6, 6.07) is -0.961. The molecule has 18 atom stereocenters. The van der Waals surface area contributed by atoms with Gasteiger partial charge in [0.25, 0.3) is 0 Å². The molecule has 18 heteroatoms. The van der Waals surface area contributed by atoms with Crippen LogP contribution in [0.1, 0.15) is 147 Å². The maximum atomic E-state index is 14.6. The van der Waals surface area contributed by atoms with E-state index in [1.165, 1.54) is 14.0 Å². The first-order chi connectivity index (χ1) is 34.4. The van der Waals surface area contributed by atoms with Crippen LogP contribution in [0, 0.1) is 31.6 Å². The number of methoxy groups -OCH3 is 2. The normalized spacial score (nSPS) is 39.2. The lowest BCUT2D eigenvalue weighted by atomic mass is 9.77. The quantitative estimate of drug-likeness (QED) is 0.0995. The Bertz CT molecular complexity index is 2130. The van der Waals surface area contributed by atoms with Crippen LogP contribution in [0.25, 0.3) is 0 Å². The minimum absolute atomic E-state index is 0.0404. The van der Waals surface area contributed by atoms with Crippen molar-refractivity contribution in [1.29, 1.82) is 0 Å². The van der Waals surface area contributed by atoms with Gasteiger partial charge in [-0.25, -0.2) is 4.79 Å². The van der Waals surface area contributed by atoms with Crippen molar-refractivity contribution in [2.24, 2.45) is 17.8 Å². The van der Waals surface area contributed by atoms with Crippen LogP contribution in [0.2, 0.25) is 0 Å². The predicted molar refractivity (Wildman–Crippen MR) is 276 cm³/mol. The highest BCUT2D eigenvalue weighted by Crippen LogP contribution is 2.42. The molecular formula is C56H92N2O16. The van der Waals surface area contributed by atoms with Gasteiger partial charge in [0.15, 0.2) is 18.7 Å². The average molecular weight is 1050 g/mol. The molecule has 0 aliphatic carbocycles. The summed E-state index contributed by atoms with van der Waals surface area (Å²) < 4.78 is 56.4. The van der Waals surface area contributed by atoms with Crippen LogP contribution in [0.15, 0.2) is 11.6 Å². The van der Waals surface area contributed by atoms with E-state index in [2.05, 4.69) is 0 Å². The topological polar surface area (TPSA) is 222 Å². The summed E-state index contributed by atoms with van der Waals surface area (Å²) in [5, 5.41) is 47.8. The maximum absolute atomic E-state index is 14.6. The fraction of sp³-hybridized carbons (Fsp3) is 0.804. The first-order valence-electron chi connectivity index (χ1n) is 26.7. The first kappa shape index (κ1) is 61.6. The number of hydrogen-bond acceptors (Lipinski definition) is 18. The highest BCUT2D eigenvalue weighted by Gasteiger charge is 2.53. The van der Waals surface area contributed by atoms with Crippen LogP contribution >= 0.6 is 0 Å². The zero-order valence-electron chi connectivity index (χ0n) is 47.7. The van der Waals surface area contributed by atoms with E-state index in [-0.39, 0.29) is 56.3 Å². The van der Waals surface area contributed by atoms with Crippen molar-refractivity contribution in [1.82, 2.24) is 9.80 Å². The van der Waals surface area contributed by atoms with Gasteiger partial charge in [-0.05, 0) is 140 Å². The molecule has 1 aromatic carbocycles. The molecule has 4 N–H and O–H groups in total. The number of carbonyl (C=O) groups excluding carboxylic acids is 3. The number of allylic oxidation sites excluding steroid dienone is 2. The number of cyclic esters (lactones) is 2. The Morgan fingerprint density at radius 2 is 1.58 bits per heavy atom. The number of likely N-dealkylation sites (N-methyl/N-ethyl adjacent to an activating group) is 2. The van der Waals surface area contributed by atoms with Crippen LogP contribution in [0.5, 0.6) is 5.75 Å². The van der Waals surface area contributed by atoms with Gasteiger partial charge in [-0.3, -0.25) is 9.59 Å². The lowest BCUT2D eigenvalue weighted by Crippen LogP contribution is -2.61. The molecule has 4 heterocycles. The van der Waals surface area contributed by atoms with E-state index in [4.69, 9.17) is 42.6 Å². The zero-order valence-corrected chi connectivity index (χ0v) is 47.7. The van der Waals surface area contributed by atoms with Gasteiger partial charge >= 0.3 is 17.9 Å². The van der Waals surface area contributed by atoms with Crippen molar-refractivity contribution in [2.45, 2.75) is 232 Å². The van der Waals surface area contributed by atoms with E-state index in [1.807, 2.05) is 78.6 Å². The fourth-order valence-electron chi connectivity index (χ4n) is 12.0. The van der Waals surface area contributed by atoms with Crippen LogP contribution in [-0.4, -0.2) is 180 Å². The molecule has 3 fully saturated rings. The largest absolute Gasteiger partial charge is 0.496 e. The number of esters is 3. The molecule has 4 aliphatic heterocycles. The first-order valence-corrected chi connectivity index (χ1v) is 26.7. The van der Waals surface area contributed by atoms with E-state index >= 15 is 0 Å². The van der Waals surface area contributed by atoms with Crippen molar-refractivity contribution in [3.8, 4) is 5.75 Å². The molecule has 422 valence electrons. The molecule has 18 nitrogen and oxygen atoms in total. The Morgan fingerprint density at radius 1 is 0.919 bits per heavy atom. The van der Waals surface area contributed by atoms with Crippen LogP contribution in [0.4, 0.5) is 0 Å². The smallest absolute Gasteiger partial charge is 0.339 e. The van der Waals surface area contributed by atoms with Gasteiger partial charge in [-0.15, -0.1) is 0 Å². The minimum Gasteiger partial charge on any atom is -0.496 e. The van der Waals surface area contributed by atoms with Gasteiger partial charge in [-0.1, -0.05) is 32.4 Å². The van der Waals surface area contributed by atoms with Gasteiger partial charge in [-0.2, -0.15) is 0 Å². The number of carbonyl (C=O) groups is 3. The molecule has 4 aliphatic rings. The molecular weight excluding hydrogens is 957 g/mol. The van der Waals surface area contributed by atoms with Gasteiger partial charge in [0.05, 0.1) is 60.3 Å². The molecule has 0 radical (unpaired) electrons. The van der Waals surface area contributed by atoms with Crippen molar-refractivity contribution < 1.29 is 77.4 Å². The third-order valence-corrected chi connectivity index (χ3v) is 16.8. The van der Waals surface area contributed by atoms with Crippen LogP contribution in [0.3, 0.4) is 0 Å². The molecule has 0 bridgehead atoms. The fourth-order valence-corrected chi connectivity index (χ4v) is 12.0. The monoisotopic (exact) mass is 1050 g/mol. The summed E-state index contributed by atoms with van der Waals surface area (Å²) in [5.41, 5.74) is 0.308. The highest BCUT2D eigenvalue weighted by atomic mass is 16.7. The van der Waals surface area contributed by atoms with E-state index in [1.54, 1.807) is 48.7 Å². The van der Waals surface area contributed by atoms with Gasteiger partial charge in [0, 0.05) is 49.6 Å². The van der Waals surface area contributed by atoms with Gasteiger partial charge in [0.1, 0.15) is 36.3 Å². The Labute approximate surface area is 440 Å². The average Bonchev–Trinajstić information content (AvgIpc) is 3.73. The molecule has 0 spiro atoms. The number of ether oxygens (including phenoxy) is 9. The van der Waals surface area contributed by atoms with E-state index in [9.17, 15) is 34.8 Å². The third kappa shape index (κ3) is 13.5. The third-order valence-electron chi connectivity index (χ3n) is 16.8. The number of aliphatic hydroxyl groups excluding tert-OH is 2. The SMILES string of the molecule is CC[C@H]1OC(=O)[C@H](C)[C@@H](O[C@H]2C[C@@](C)(OC)[C@@H](O)[C@H](C)O2)[C@H](C)[C@@H](O[C@@H]2O[C@H](C)CC(N(C)C)[C@H]2OC(=O)CC/C(C)=C/Cc2c(C)c3c(c(C)c2OC)COC3=O)[C@](C)(O)C[C@@H](C)CN(C)[C@H](C)[C@@H](O)[C@]1(C)O. The number of benzene rings is 1. The van der Waals surface area contributed by atoms with Crippen molar-refractivity contribution in [2.75, 3.05) is 41.9 Å². The number of nitrogens with zero attached hydrogens (tertiary/aromatic N) is 2. The number of aliphatic hydroxyl groups is 4. The van der Waals surface area contributed by atoms with Crippen molar-refractivity contribution >= 4 is 17.9 Å². The van der Waals surface area contributed by atoms with Crippen LogP contribution < -0.4 is 4.74 Å². The lowest BCUT2D eigenvalue weighted by molar-refractivity contribution is -0.319. The van der Waals surface area contributed by atoms with Crippen LogP contribution in [-0.2, 0) is 60.5 Å². The molecule has 0 amide bonds. The summed E-state index contributed by atoms with van der Waals surface area (Å²) >= 11 is 0. The van der Waals surface area contributed by atoms with E-state index < -0.39 is 102 Å². The second kappa shape index (κ2) is 25.0. The zero-order chi connectivity index (χ0) is 55.5. The Hall–Kier alpha value is -3.27. The summed E-state index contributed by atoms with van der Waals surface area (Å²) in [6.45, 7) is 23.9. The summed E-state index contributed by atoms with van der Waals surface area (Å²) in [7, 11) is 8.75. The van der Waals surface area contributed by atoms with E-state index in [0.29, 0.717) is 37.1 Å². The molecule has 3 saturated heterocycles. The molecule has 74 heavy (non-hydrogen) atoms. The lowest BCUT2D eigenvalue weighted by Gasteiger charge is -2.49. The molecule has 1 aromatic rings. The van der Waals surface area contributed by atoms with E-state index in [0.717, 1.165) is 27.8 Å². The number of fused-ring (bicyclic) bond motifs is 1. The predicted octanol–water partition coefficient (Wildman–Crippen LogP) is 5.72. The second-order valence-corrected chi connectivity index (χ2v) is 23.1. The Kier molecular flexibility index (Phi) is 20.8.